The highest BCUT2D eigenvalue weighted by Gasteiger charge is 2.11. The third-order valence-electron chi connectivity index (χ3n) is 3.65. The van der Waals surface area contributed by atoms with Gasteiger partial charge >= 0.3 is 0 Å². The van der Waals surface area contributed by atoms with E-state index in [9.17, 15) is 9.18 Å². The topological polar surface area (TPSA) is 63.2 Å². The predicted molar refractivity (Wildman–Crippen MR) is 104 cm³/mol. The Hall–Kier alpha value is -3.41. The van der Waals surface area contributed by atoms with Crippen LogP contribution in [-0.4, -0.2) is 17.0 Å². The van der Waals surface area contributed by atoms with Crippen LogP contribution in [0.1, 0.15) is 24.2 Å². The minimum absolute atomic E-state index is 0.0314. The van der Waals surface area contributed by atoms with Crippen molar-refractivity contribution in [1.82, 2.24) is 4.98 Å². The van der Waals surface area contributed by atoms with E-state index < -0.39 is 11.7 Å². The highest BCUT2D eigenvalue weighted by atomic mass is 19.1. The van der Waals surface area contributed by atoms with Gasteiger partial charge in [-0.1, -0.05) is 24.3 Å². The van der Waals surface area contributed by atoms with Gasteiger partial charge in [0.2, 0.25) is 0 Å². The van der Waals surface area contributed by atoms with Crippen molar-refractivity contribution in [2.75, 3.05) is 10.6 Å². The van der Waals surface area contributed by atoms with Crippen LogP contribution in [0.2, 0.25) is 0 Å². The second-order valence-electron chi connectivity index (χ2n) is 6.18. The minimum Gasteiger partial charge on any atom is -0.489 e. The average molecular weight is 365 g/mol. The maximum absolute atomic E-state index is 13.7. The summed E-state index contributed by atoms with van der Waals surface area (Å²) < 4.78 is 19.5. The van der Waals surface area contributed by atoms with E-state index in [1.165, 1.54) is 18.3 Å². The maximum Gasteiger partial charge on any atom is 0.257 e. The van der Waals surface area contributed by atoms with E-state index in [2.05, 4.69) is 15.6 Å². The monoisotopic (exact) mass is 365 g/mol. The Labute approximate surface area is 157 Å². The number of ether oxygens (including phenoxy) is 1. The van der Waals surface area contributed by atoms with Crippen molar-refractivity contribution >= 4 is 23.0 Å². The first-order valence-corrected chi connectivity index (χ1v) is 8.56. The molecule has 2 N–H and O–H groups in total. The number of anilines is 3. The SMILES string of the molecule is CC(C)Oc1ccccc1Nc1cncc(C(=O)Nc2ccccc2F)c1. The molecule has 6 heteroatoms. The Bertz CT molecular complexity index is 944. The number of nitrogens with one attached hydrogen (secondary N) is 2. The normalized spacial score (nSPS) is 10.5. The summed E-state index contributed by atoms with van der Waals surface area (Å²) in [5.74, 6) is -0.232. The van der Waals surface area contributed by atoms with Crippen LogP contribution < -0.4 is 15.4 Å². The first-order valence-electron chi connectivity index (χ1n) is 8.56. The molecule has 1 heterocycles. The molecule has 0 fully saturated rings. The van der Waals surface area contributed by atoms with Crippen molar-refractivity contribution in [3.8, 4) is 5.75 Å². The van der Waals surface area contributed by atoms with Crippen LogP contribution in [-0.2, 0) is 0 Å². The van der Waals surface area contributed by atoms with Crippen LogP contribution in [0, 0.1) is 5.82 Å². The molecule has 1 amide bonds. The van der Waals surface area contributed by atoms with Gasteiger partial charge in [0.05, 0.1) is 34.9 Å². The molecule has 138 valence electrons. The highest BCUT2D eigenvalue weighted by molar-refractivity contribution is 6.04. The fourth-order valence-electron chi connectivity index (χ4n) is 2.47. The van der Waals surface area contributed by atoms with E-state index in [4.69, 9.17) is 4.74 Å². The molecule has 27 heavy (non-hydrogen) atoms. The van der Waals surface area contributed by atoms with E-state index in [0.29, 0.717) is 17.0 Å². The number of pyridine rings is 1. The summed E-state index contributed by atoms with van der Waals surface area (Å²) in [6.07, 6.45) is 3.06. The highest BCUT2D eigenvalue weighted by Crippen LogP contribution is 2.28. The largest absolute Gasteiger partial charge is 0.489 e. The molecule has 0 bridgehead atoms. The van der Waals surface area contributed by atoms with Gasteiger partial charge < -0.3 is 15.4 Å². The molecule has 0 unspecified atom stereocenters. The second-order valence-corrected chi connectivity index (χ2v) is 6.18. The fourth-order valence-corrected chi connectivity index (χ4v) is 2.47. The number of aromatic nitrogens is 1. The molecule has 1 aromatic heterocycles. The van der Waals surface area contributed by atoms with Gasteiger partial charge in [0.1, 0.15) is 11.6 Å². The molecule has 0 radical (unpaired) electrons. The van der Waals surface area contributed by atoms with Crippen molar-refractivity contribution in [2.24, 2.45) is 0 Å². The van der Waals surface area contributed by atoms with E-state index in [1.807, 2.05) is 38.1 Å². The third kappa shape index (κ3) is 4.82. The molecular weight excluding hydrogens is 345 g/mol. The van der Waals surface area contributed by atoms with Gasteiger partial charge in [0.15, 0.2) is 0 Å². The number of nitrogens with zero attached hydrogens (tertiary/aromatic N) is 1. The predicted octanol–water partition coefficient (Wildman–Crippen LogP) is 5.00. The molecule has 0 saturated heterocycles. The van der Waals surface area contributed by atoms with Gasteiger partial charge in [-0.3, -0.25) is 9.78 Å². The summed E-state index contributed by atoms with van der Waals surface area (Å²) in [4.78, 5) is 16.5. The zero-order valence-electron chi connectivity index (χ0n) is 15.1. The zero-order chi connectivity index (χ0) is 19.2. The summed E-state index contributed by atoms with van der Waals surface area (Å²) in [5.41, 5.74) is 1.82. The van der Waals surface area contributed by atoms with Crippen LogP contribution in [0.15, 0.2) is 67.0 Å². The molecule has 0 spiro atoms. The lowest BCUT2D eigenvalue weighted by Crippen LogP contribution is -2.13. The number of hydrogen-bond acceptors (Lipinski definition) is 4. The lowest BCUT2D eigenvalue weighted by atomic mass is 10.2. The van der Waals surface area contributed by atoms with E-state index >= 15 is 0 Å². The number of carbonyl (C=O) groups is 1. The molecule has 3 aromatic rings. The van der Waals surface area contributed by atoms with Crippen molar-refractivity contribution in [3.63, 3.8) is 0 Å². The summed E-state index contributed by atoms with van der Waals surface area (Å²) in [5, 5.41) is 5.76. The number of para-hydroxylation sites is 3. The summed E-state index contributed by atoms with van der Waals surface area (Å²) >= 11 is 0. The Morgan fingerprint density at radius 2 is 1.74 bits per heavy atom. The zero-order valence-corrected chi connectivity index (χ0v) is 15.1. The first kappa shape index (κ1) is 18.4. The van der Waals surface area contributed by atoms with Gasteiger partial charge in [-0.15, -0.1) is 0 Å². The third-order valence-corrected chi connectivity index (χ3v) is 3.65. The van der Waals surface area contributed by atoms with E-state index in [1.54, 1.807) is 24.4 Å². The van der Waals surface area contributed by atoms with E-state index in [0.717, 1.165) is 5.69 Å². The molecule has 0 atom stereocenters. The Morgan fingerprint density at radius 3 is 2.48 bits per heavy atom. The lowest BCUT2D eigenvalue weighted by molar-refractivity contribution is 0.102. The molecule has 0 saturated carbocycles. The quantitative estimate of drug-likeness (QED) is 0.645. The number of carbonyl (C=O) groups excluding carboxylic acids is 1. The number of benzene rings is 2. The summed E-state index contributed by atoms with van der Waals surface area (Å²) in [7, 11) is 0. The van der Waals surface area contributed by atoms with Gasteiger partial charge in [-0.05, 0) is 44.2 Å². The van der Waals surface area contributed by atoms with Crippen molar-refractivity contribution < 1.29 is 13.9 Å². The summed E-state index contributed by atoms with van der Waals surface area (Å²) in [6, 6.07) is 15.2. The van der Waals surface area contributed by atoms with Crippen LogP contribution >= 0.6 is 0 Å². The molecule has 3 rings (SSSR count). The first-order chi connectivity index (χ1) is 13.0. The Kier molecular flexibility index (Phi) is 5.66. The van der Waals surface area contributed by atoms with Crippen molar-refractivity contribution in [2.45, 2.75) is 20.0 Å². The van der Waals surface area contributed by atoms with Crippen LogP contribution in [0.5, 0.6) is 5.75 Å². The maximum atomic E-state index is 13.7. The van der Waals surface area contributed by atoms with Gasteiger partial charge in [0, 0.05) is 6.20 Å². The number of hydrogen-bond donors (Lipinski definition) is 2. The number of amides is 1. The molecular formula is C21H20FN3O2. The van der Waals surface area contributed by atoms with Gasteiger partial charge in [0.25, 0.3) is 5.91 Å². The molecule has 2 aromatic carbocycles. The van der Waals surface area contributed by atoms with E-state index in [-0.39, 0.29) is 11.8 Å². The van der Waals surface area contributed by atoms with Gasteiger partial charge in [-0.2, -0.15) is 0 Å². The number of rotatable bonds is 6. The minimum atomic E-state index is -0.493. The Balaban J connectivity index is 1.78. The van der Waals surface area contributed by atoms with Crippen LogP contribution in [0.25, 0.3) is 0 Å². The Morgan fingerprint density at radius 1 is 1.04 bits per heavy atom. The van der Waals surface area contributed by atoms with Crippen molar-refractivity contribution in [3.05, 3.63) is 78.4 Å². The average Bonchev–Trinajstić information content (AvgIpc) is 2.65. The van der Waals surface area contributed by atoms with Crippen LogP contribution in [0.3, 0.4) is 0 Å². The van der Waals surface area contributed by atoms with Crippen molar-refractivity contribution in [1.29, 1.82) is 0 Å². The van der Waals surface area contributed by atoms with Gasteiger partial charge in [-0.25, -0.2) is 4.39 Å². The molecule has 0 aliphatic rings. The number of halogens is 1. The lowest BCUT2D eigenvalue weighted by Gasteiger charge is -2.15. The summed E-state index contributed by atoms with van der Waals surface area (Å²) in [6.45, 7) is 3.90. The fraction of sp³-hybridized carbons (Fsp3) is 0.143. The molecule has 0 aliphatic heterocycles. The van der Waals surface area contributed by atoms with Crippen LogP contribution in [0.4, 0.5) is 21.5 Å². The standard InChI is InChI=1S/C21H20FN3O2/c1-14(2)27-20-10-6-5-9-19(20)24-16-11-15(12-23-13-16)21(26)25-18-8-4-3-7-17(18)22/h3-14,24H,1-2H3,(H,25,26). The smallest absolute Gasteiger partial charge is 0.257 e. The second kappa shape index (κ2) is 8.31. The molecule has 0 aliphatic carbocycles. The molecule has 5 nitrogen and oxygen atoms in total.